The first-order valence-corrected chi connectivity index (χ1v) is 15.4. The summed E-state index contributed by atoms with van der Waals surface area (Å²) in [6.07, 6.45) is 4.62. The molecule has 2 N–H and O–H groups in total. The average molecular weight is 614 g/mol. The number of likely N-dealkylation sites (tertiary alicyclic amines) is 1. The highest BCUT2D eigenvalue weighted by atomic mass is 31.0. The number of benzene rings is 2. The molecule has 42 heavy (non-hydrogen) atoms. The number of piperidine rings is 1. The van der Waals surface area contributed by atoms with Gasteiger partial charge >= 0.3 is 6.18 Å². The van der Waals surface area contributed by atoms with Gasteiger partial charge in [0.05, 0.1) is 11.3 Å². The number of aryl methyl sites for hydroxylation is 2. The van der Waals surface area contributed by atoms with Crippen molar-refractivity contribution in [1.82, 2.24) is 4.90 Å². The van der Waals surface area contributed by atoms with E-state index in [1.807, 2.05) is 26.1 Å². The standard InChI is InChI=1S/C10H21N.C9H11F3NP.C8H11N.C4H8O.C2H4O/c1-3-4-7-11-8-5-10(2)6-9-11;1-5-3-6(9(10,11)12)8(13-2)7(14)4-5;1-7-5-3-4-6-8(7)9-2;1-2-3-4-5;1-2-3/h10H,3-9H2,1-2H3;3-4,13H,14H2,1-2H3;3-6,9H,1-2H3;4H,2-3H2,1H3;2H,1H3. The largest absolute Gasteiger partial charge is 0.418 e. The van der Waals surface area contributed by atoms with Gasteiger partial charge in [-0.2, -0.15) is 13.2 Å². The van der Waals surface area contributed by atoms with E-state index in [0.717, 1.165) is 31.0 Å². The molecule has 0 aliphatic carbocycles. The number of nitrogens with zero attached hydrogens (tertiary/aromatic N) is 1. The molecule has 1 aliphatic rings. The molecule has 1 aliphatic heterocycles. The summed E-state index contributed by atoms with van der Waals surface area (Å²) in [5.41, 5.74) is 2.59. The van der Waals surface area contributed by atoms with E-state index < -0.39 is 11.7 Å². The number of nitrogens with one attached hydrogen (secondary N) is 2. The van der Waals surface area contributed by atoms with Gasteiger partial charge in [-0.15, -0.1) is 9.24 Å². The normalized spacial score (nSPS) is 12.9. The van der Waals surface area contributed by atoms with Gasteiger partial charge in [-0.05, 0) is 101 Å². The van der Waals surface area contributed by atoms with Gasteiger partial charge in [0.2, 0.25) is 0 Å². The van der Waals surface area contributed by atoms with Crippen LogP contribution in [0.25, 0.3) is 0 Å². The van der Waals surface area contributed by atoms with E-state index in [2.05, 4.69) is 57.7 Å². The summed E-state index contributed by atoms with van der Waals surface area (Å²) in [7, 11) is 5.71. The number of hydrogen-bond donors (Lipinski definition) is 2. The third kappa shape index (κ3) is 19.6. The molecule has 2 aromatic rings. The molecule has 0 aromatic heterocycles. The van der Waals surface area contributed by atoms with Crippen LogP contribution in [0.5, 0.6) is 0 Å². The Hall–Kier alpha value is -2.44. The number of carbonyl (C=O) groups is 2. The summed E-state index contributed by atoms with van der Waals surface area (Å²) >= 11 is 0. The molecule has 240 valence electrons. The highest BCUT2D eigenvalue weighted by molar-refractivity contribution is 7.28. The van der Waals surface area contributed by atoms with Crippen LogP contribution < -0.4 is 15.9 Å². The maximum Gasteiger partial charge on any atom is 0.418 e. The molecule has 0 bridgehead atoms. The summed E-state index contributed by atoms with van der Waals surface area (Å²) in [5.74, 6) is 0.980. The Morgan fingerprint density at radius 2 is 1.57 bits per heavy atom. The lowest BCUT2D eigenvalue weighted by atomic mass is 9.99. The van der Waals surface area contributed by atoms with Crippen LogP contribution >= 0.6 is 9.24 Å². The van der Waals surface area contributed by atoms with Gasteiger partial charge < -0.3 is 25.1 Å². The molecule has 1 heterocycles. The molecule has 1 fully saturated rings. The highest BCUT2D eigenvalue weighted by Gasteiger charge is 2.34. The van der Waals surface area contributed by atoms with Gasteiger partial charge in [-0.3, -0.25) is 0 Å². The van der Waals surface area contributed by atoms with E-state index >= 15 is 0 Å². The quantitative estimate of drug-likeness (QED) is 0.243. The summed E-state index contributed by atoms with van der Waals surface area (Å²) < 4.78 is 37.6. The molecular weight excluding hydrogens is 558 g/mol. The lowest BCUT2D eigenvalue weighted by Crippen LogP contribution is -2.33. The Bertz CT molecular complexity index is 977. The lowest BCUT2D eigenvalue weighted by Gasteiger charge is -2.29. The van der Waals surface area contributed by atoms with Crippen molar-refractivity contribution in [3.05, 3.63) is 53.1 Å². The fourth-order valence-corrected chi connectivity index (χ4v) is 4.52. The molecule has 0 amide bonds. The van der Waals surface area contributed by atoms with E-state index in [1.54, 1.807) is 13.0 Å². The van der Waals surface area contributed by atoms with Crippen LogP contribution in [0.15, 0.2) is 36.4 Å². The number of unbranched alkanes of at least 4 members (excludes halogenated alkanes) is 2. The van der Waals surface area contributed by atoms with Crippen molar-refractivity contribution in [2.24, 2.45) is 5.92 Å². The first kappa shape index (κ1) is 41.7. The zero-order valence-electron chi connectivity index (χ0n) is 27.0. The first-order chi connectivity index (χ1) is 19.9. The van der Waals surface area contributed by atoms with Gasteiger partial charge in [-0.1, -0.05) is 51.5 Å². The topological polar surface area (TPSA) is 61.4 Å². The molecule has 5 nitrogen and oxygen atoms in total. The van der Waals surface area contributed by atoms with E-state index in [0.29, 0.717) is 17.3 Å². The SMILES string of the molecule is CC=O.CCCC=O.CCCCN1CCC(C)CC1.CNc1c(P)cc(C)cc1C(F)(F)F.CNc1ccccc1C. The second-order valence-corrected chi connectivity index (χ2v) is 10.8. The third-order valence-corrected chi connectivity index (χ3v) is 6.85. The lowest BCUT2D eigenvalue weighted by molar-refractivity contribution is -0.137. The Morgan fingerprint density at radius 1 is 1.00 bits per heavy atom. The van der Waals surface area contributed by atoms with Crippen molar-refractivity contribution >= 4 is 38.5 Å². The molecular formula is C33H55F3N3O2P. The molecule has 1 atom stereocenters. The molecule has 9 heteroatoms. The van der Waals surface area contributed by atoms with Gasteiger partial charge in [0.1, 0.15) is 12.6 Å². The number of halogens is 3. The van der Waals surface area contributed by atoms with Crippen LogP contribution in [0.3, 0.4) is 0 Å². The predicted molar refractivity (Wildman–Crippen MR) is 178 cm³/mol. The van der Waals surface area contributed by atoms with Crippen LogP contribution in [0.4, 0.5) is 24.5 Å². The number of rotatable bonds is 7. The predicted octanol–water partition coefficient (Wildman–Crippen LogP) is 8.30. The first-order valence-electron chi connectivity index (χ1n) is 14.8. The van der Waals surface area contributed by atoms with Gasteiger partial charge in [0, 0.05) is 26.2 Å². The zero-order chi connectivity index (χ0) is 32.6. The molecule has 2 aromatic carbocycles. The molecule has 0 radical (unpaired) electrons. The Labute approximate surface area is 255 Å². The van der Waals surface area contributed by atoms with Crippen molar-refractivity contribution in [2.75, 3.05) is 44.4 Å². The van der Waals surface area contributed by atoms with Crippen LogP contribution in [0, 0.1) is 19.8 Å². The number of alkyl halides is 3. The number of carbonyl (C=O) groups excluding carboxylic acids is 2. The van der Waals surface area contributed by atoms with Crippen LogP contribution in [0.2, 0.25) is 0 Å². The van der Waals surface area contributed by atoms with Gasteiger partial charge in [-0.25, -0.2) is 0 Å². The zero-order valence-corrected chi connectivity index (χ0v) is 28.2. The second kappa shape index (κ2) is 25.1. The van der Waals surface area contributed by atoms with Crippen molar-refractivity contribution in [2.45, 2.75) is 86.2 Å². The number of anilines is 2. The van der Waals surface area contributed by atoms with Gasteiger partial charge in [0.15, 0.2) is 0 Å². The Morgan fingerprint density at radius 3 is 1.95 bits per heavy atom. The van der Waals surface area contributed by atoms with Crippen LogP contribution in [0.1, 0.15) is 82.9 Å². The van der Waals surface area contributed by atoms with E-state index in [-0.39, 0.29) is 5.69 Å². The summed E-state index contributed by atoms with van der Waals surface area (Å²) in [5, 5.41) is 6.18. The van der Waals surface area contributed by atoms with Crippen molar-refractivity contribution in [1.29, 1.82) is 0 Å². The van der Waals surface area contributed by atoms with Crippen molar-refractivity contribution in [3.8, 4) is 0 Å². The second-order valence-electron chi connectivity index (χ2n) is 10.2. The molecule has 1 saturated heterocycles. The minimum Gasteiger partial charge on any atom is -0.388 e. The highest BCUT2D eigenvalue weighted by Crippen LogP contribution is 2.35. The third-order valence-electron chi connectivity index (χ3n) is 6.39. The van der Waals surface area contributed by atoms with Crippen LogP contribution in [-0.2, 0) is 15.8 Å². The number of aldehydes is 2. The monoisotopic (exact) mass is 613 g/mol. The van der Waals surface area contributed by atoms with E-state index in [9.17, 15) is 18.0 Å². The maximum absolute atomic E-state index is 12.5. The molecule has 3 rings (SSSR count). The number of hydrogen-bond acceptors (Lipinski definition) is 5. The minimum atomic E-state index is -4.31. The van der Waals surface area contributed by atoms with Crippen LogP contribution in [-0.4, -0.2) is 51.2 Å². The van der Waals surface area contributed by atoms with Gasteiger partial charge in [0.25, 0.3) is 0 Å². The Balaban J connectivity index is 0. The summed E-state index contributed by atoms with van der Waals surface area (Å²) in [6.45, 7) is 15.8. The molecule has 1 unspecified atom stereocenters. The van der Waals surface area contributed by atoms with E-state index in [1.165, 1.54) is 70.5 Å². The fourth-order valence-electron chi connectivity index (χ4n) is 3.96. The average Bonchev–Trinajstić information content (AvgIpc) is 2.94. The Kier molecular flexibility index (Phi) is 24.9. The molecule has 0 saturated carbocycles. The fraction of sp³-hybridized carbons (Fsp3) is 0.576. The van der Waals surface area contributed by atoms with Crippen molar-refractivity contribution in [3.63, 3.8) is 0 Å². The smallest absolute Gasteiger partial charge is 0.388 e. The minimum absolute atomic E-state index is 0.119. The summed E-state index contributed by atoms with van der Waals surface area (Å²) in [6, 6.07) is 11.0. The summed E-state index contributed by atoms with van der Waals surface area (Å²) in [4.78, 5) is 20.8. The van der Waals surface area contributed by atoms with E-state index in [4.69, 9.17) is 4.79 Å². The maximum atomic E-state index is 12.5. The molecule has 0 spiro atoms. The number of para-hydroxylation sites is 1. The van der Waals surface area contributed by atoms with Crippen molar-refractivity contribution < 1.29 is 22.8 Å².